The molecule has 2 fully saturated rings. The number of morpholine rings is 1. The lowest BCUT2D eigenvalue weighted by Crippen LogP contribution is -2.56. The molecule has 6 aromatic carbocycles. The third kappa shape index (κ3) is 8.60. The number of fused-ring (bicyclic) bond motifs is 3. The molecule has 0 bridgehead atoms. The van der Waals surface area contributed by atoms with Crippen LogP contribution in [-0.2, 0) is 35.9 Å². The first-order valence-corrected chi connectivity index (χ1v) is 23.5. The number of carbonyl (C=O) groups excluding carboxylic acids is 4. The number of aliphatic hydroxyl groups is 1. The second kappa shape index (κ2) is 19.6. The van der Waals surface area contributed by atoms with Gasteiger partial charge in [-0.2, -0.15) is 0 Å². The molecule has 0 saturated carbocycles. The molecular weight excluding hydrogens is 901 g/mol. The van der Waals surface area contributed by atoms with Gasteiger partial charge in [-0.3, -0.25) is 29.4 Å². The summed E-state index contributed by atoms with van der Waals surface area (Å²) in [6.07, 6.45) is 2.59. The van der Waals surface area contributed by atoms with Crippen molar-refractivity contribution in [3.63, 3.8) is 0 Å². The van der Waals surface area contributed by atoms with Crippen molar-refractivity contribution in [1.82, 2.24) is 10.2 Å². The number of hydrogen-bond acceptors (Lipinski definition) is 11. The first-order valence-electron chi connectivity index (χ1n) is 23.5. The largest absolute Gasteiger partial charge is 0.508 e. The Labute approximate surface area is 409 Å². The van der Waals surface area contributed by atoms with E-state index >= 15 is 14.4 Å². The molecule has 2 saturated heterocycles. The minimum absolute atomic E-state index is 0.0782. The van der Waals surface area contributed by atoms with Crippen LogP contribution in [0.25, 0.3) is 0 Å². The Bertz CT molecular complexity index is 3100. The number of nitro benzene ring substituents is 1. The van der Waals surface area contributed by atoms with Gasteiger partial charge >= 0.3 is 12.1 Å². The number of ether oxygens (including phenoxy) is 2. The number of phenols is 1. The van der Waals surface area contributed by atoms with Gasteiger partial charge in [0.1, 0.15) is 29.9 Å². The molecule has 14 nitrogen and oxygen atoms in total. The molecule has 7 atom stereocenters. The summed E-state index contributed by atoms with van der Waals surface area (Å²) in [7, 11) is 0. The number of imide groups is 1. The van der Waals surface area contributed by atoms with E-state index < -0.39 is 70.5 Å². The summed E-state index contributed by atoms with van der Waals surface area (Å²) in [6.45, 7) is -0.682. The second-order valence-corrected chi connectivity index (χ2v) is 18.1. The molecule has 3 aliphatic heterocycles. The minimum Gasteiger partial charge on any atom is -0.508 e. The van der Waals surface area contributed by atoms with Crippen molar-refractivity contribution in [2.75, 3.05) is 11.4 Å². The smallest absolute Gasteiger partial charge is 0.421 e. The Morgan fingerprint density at radius 2 is 1.49 bits per heavy atom. The van der Waals surface area contributed by atoms with Crippen LogP contribution in [0.15, 0.2) is 169 Å². The highest BCUT2D eigenvalue weighted by Crippen LogP contribution is 2.66. The van der Waals surface area contributed by atoms with E-state index in [1.165, 1.54) is 36.4 Å². The van der Waals surface area contributed by atoms with E-state index in [0.717, 1.165) is 36.2 Å². The number of aromatic hydroxyl groups is 1. The van der Waals surface area contributed by atoms with Crippen molar-refractivity contribution in [1.29, 1.82) is 0 Å². The van der Waals surface area contributed by atoms with Crippen LogP contribution in [0.2, 0.25) is 0 Å². The van der Waals surface area contributed by atoms with E-state index in [0.29, 0.717) is 33.4 Å². The number of rotatable bonds is 10. The predicted molar refractivity (Wildman–Crippen MR) is 261 cm³/mol. The fourth-order valence-electron chi connectivity index (χ4n) is 10.7. The van der Waals surface area contributed by atoms with Crippen LogP contribution >= 0.6 is 0 Å². The molecule has 1 aliphatic carbocycles. The number of amides is 3. The highest BCUT2D eigenvalue weighted by Gasteiger charge is 2.75. The predicted octanol–water partition coefficient (Wildman–Crippen LogP) is 9.00. The van der Waals surface area contributed by atoms with Crippen LogP contribution in [0, 0.1) is 27.9 Å². The molecule has 4 aliphatic rings. The Hall–Kier alpha value is -8.38. The van der Waals surface area contributed by atoms with Gasteiger partial charge in [0.2, 0.25) is 11.8 Å². The fourth-order valence-corrected chi connectivity index (χ4v) is 10.7. The Balaban J connectivity index is 1.21. The molecule has 3 amide bonds. The monoisotopic (exact) mass is 948 g/mol. The average Bonchev–Trinajstić information content (AvgIpc) is 3.86. The summed E-state index contributed by atoms with van der Waals surface area (Å²) in [5.41, 5.74) is 2.13. The van der Waals surface area contributed by atoms with E-state index in [1.807, 2.05) is 65.6 Å². The number of allylic oxidation sites excluding steroid dienone is 2. The number of benzene rings is 6. The molecule has 6 aromatic rings. The van der Waals surface area contributed by atoms with Crippen molar-refractivity contribution in [3.05, 3.63) is 218 Å². The van der Waals surface area contributed by atoms with Crippen LogP contribution in [0.4, 0.5) is 16.2 Å². The lowest BCUT2D eigenvalue weighted by molar-refractivity contribution is -0.384. The van der Waals surface area contributed by atoms with Gasteiger partial charge in [0.15, 0.2) is 0 Å². The van der Waals surface area contributed by atoms with Crippen LogP contribution < -0.4 is 10.2 Å². The fraction of sp³-hybridized carbons (Fsp3) is 0.228. The van der Waals surface area contributed by atoms with E-state index in [4.69, 9.17) is 9.47 Å². The summed E-state index contributed by atoms with van der Waals surface area (Å²) in [6, 6.07) is 40.3. The summed E-state index contributed by atoms with van der Waals surface area (Å²) in [5.74, 6) is 2.40. The average molecular weight is 949 g/mol. The summed E-state index contributed by atoms with van der Waals surface area (Å²) in [4.78, 5) is 76.1. The van der Waals surface area contributed by atoms with Gasteiger partial charge in [0.25, 0.3) is 5.69 Å². The lowest BCUT2D eigenvalue weighted by Gasteiger charge is -2.46. The zero-order valence-electron chi connectivity index (χ0n) is 38.3. The van der Waals surface area contributed by atoms with Crippen LogP contribution in [-0.4, -0.2) is 56.5 Å². The maximum absolute atomic E-state index is 16.5. The highest BCUT2D eigenvalue weighted by molar-refractivity contribution is 6.23. The van der Waals surface area contributed by atoms with Crippen molar-refractivity contribution >= 4 is 35.3 Å². The van der Waals surface area contributed by atoms with Crippen LogP contribution in [0.5, 0.6) is 5.75 Å². The number of anilines is 1. The zero-order chi connectivity index (χ0) is 49.2. The van der Waals surface area contributed by atoms with Crippen LogP contribution in [0.1, 0.15) is 88.9 Å². The second-order valence-electron chi connectivity index (χ2n) is 18.1. The van der Waals surface area contributed by atoms with E-state index in [9.17, 15) is 25.1 Å². The molecule has 1 spiro atoms. The number of aliphatic hydroxyl groups excluding tert-OH is 1. The van der Waals surface area contributed by atoms with E-state index in [2.05, 4.69) is 23.2 Å². The first kappa shape index (κ1) is 46.4. The van der Waals surface area contributed by atoms with E-state index in [-0.39, 0.29) is 35.8 Å². The van der Waals surface area contributed by atoms with Crippen LogP contribution in [0.3, 0.4) is 0 Å². The normalized spacial score (nSPS) is 22.8. The molecule has 356 valence electrons. The standard InChI is InChI=1S/C57H48N4O10/c62-44-30-26-42(27-31-44)52-57(45-33-37(22-21-36-13-5-1-6-14-36)25-32-46(45)59(55(57)66)56(67)70-35-38-23-28-43(29-24-38)61(68)69)48(53(64)58-34-47(63)39-15-7-2-8-16-39)50-54(65)71-51(41-19-11-4-12-20-41)49(60(50)52)40-17-9-3-10-18-40/h2-4,7-13,15-20,23-33,47-52,62-63H,1,5-6,14,34-35H2,(H,58,64)/t47-,48+,49+,50+,51-,52-,57+/m0/s1. The zero-order valence-corrected chi connectivity index (χ0v) is 38.3. The SMILES string of the molecule is O=C1O[C@@H](c2ccccc2)[C@@H](c2ccccc2)N2[C@@H](c3ccc(O)cc3)[C@]3(C(=O)N(C(=O)OCc4ccc([N+](=O)[O-])cc4)c4ccc(C#CC5=CCCCC5)cc43)[C@@H](C(=O)NC[C@H](O)c3ccccc3)[C@H]12. The number of nitrogens with one attached hydrogen (secondary N) is 1. The Morgan fingerprint density at radius 1 is 0.817 bits per heavy atom. The topological polar surface area (TPSA) is 189 Å². The maximum atomic E-state index is 16.5. The summed E-state index contributed by atoms with van der Waals surface area (Å²) in [5, 5.41) is 36.5. The molecule has 0 radical (unpaired) electrons. The van der Waals surface area contributed by atoms with Gasteiger partial charge in [0, 0.05) is 24.2 Å². The lowest BCUT2D eigenvalue weighted by atomic mass is 9.65. The van der Waals surface area contributed by atoms with Crippen molar-refractivity contribution in [3.8, 4) is 17.6 Å². The number of carbonyl (C=O) groups is 4. The minimum atomic E-state index is -2.15. The summed E-state index contributed by atoms with van der Waals surface area (Å²) >= 11 is 0. The third-order valence-electron chi connectivity index (χ3n) is 14.0. The molecule has 3 heterocycles. The van der Waals surface area contributed by atoms with Crippen molar-refractivity contribution in [2.24, 2.45) is 5.92 Å². The molecule has 3 N–H and O–H groups in total. The number of non-ortho nitro benzene ring substituents is 1. The van der Waals surface area contributed by atoms with Gasteiger partial charge in [0.05, 0.1) is 34.7 Å². The number of nitrogens with zero attached hydrogens (tertiary/aromatic N) is 3. The van der Waals surface area contributed by atoms with Gasteiger partial charge in [-0.15, -0.1) is 0 Å². The number of esters is 1. The Kier molecular flexibility index (Phi) is 12.8. The number of nitro groups is 1. The van der Waals surface area contributed by atoms with Crippen molar-refractivity contribution in [2.45, 2.75) is 68.0 Å². The van der Waals surface area contributed by atoms with Gasteiger partial charge < -0.3 is 25.0 Å². The van der Waals surface area contributed by atoms with Gasteiger partial charge in [-0.25, -0.2) is 9.69 Å². The molecule has 0 aromatic heterocycles. The molecular formula is C57H48N4O10. The molecule has 14 heteroatoms. The third-order valence-corrected chi connectivity index (χ3v) is 14.0. The number of phenolic OH excluding ortho intramolecular Hbond substituents is 1. The molecule has 10 rings (SSSR count). The van der Waals surface area contributed by atoms with E-state index in [1.54, 1.807) is 60.7 Å². The van der Waals surface area contributed by atoms with Gasteiger partial charge in [-0.05, 0) is 107 Å². The van der Waals surface area contributed by atoms with Gasteiger partial charge in [-0.1, -0.05) is 121 Å². The summed E-state index contributed by atoms with van der Waals surface area (Å²) < 4.78 is 12.4. The Morgan fingerprint density at radius 3 is 2.15 bits per heavy atom. The quantitative estimate of drug-likeness (QED) is 0.0515. The van der Waals surface area contributed by atoms with Crippen molar-refractivity contribution < 1.29 is 43.8 Å². The molecule has 71 heavy (non-hydrogen) atoms. The number of cyclic esters (lactones) is 1. The molecule has 0 unspecified atom stereocenters. The number of hydrogen-bond donors (Lipinski definition) is 3. The maximum Gasteiger partial charge on any atom is 0.421 e. The highest BCUT2D eigenvalue weighted by atomic mass is 16.6. The first-order chi connectivity index (χ1) is 34.5.